The number of aryl methyl sites for hydroxylation is 2. The molecule has 5 heteroatoms. The minimum absolute atomic E-state index is 0.163. The molecule has 2 aromatic carbocycles. The molecule has 0 spiro atoms. The number of hydrogen-bond acceptors (Lipinski definition) is 2. The van der Waals surface area contributed by atoms with E-state index in [2.05, 4.69) is 5.32 Å². The molecular weight excluding hydrogens is 262 g/mol. The molecule has 2 aromatic rings. The molecule has 0 aliphatic carbocycles. The third kappa shape index (κ3) is 2.77. The van der Waals surface area contributed by atoms with Gasteiger partial charge in [0.1, 0.15) is 11.6 Å². The first-order valence-corrected chi connectivity index (χ1v) is 6.01. The van der Waals surface area contributed by atoms with Crippen LogP contribution in [0.2, 0.25) is 0 Å². The molecule has 0 aliphatic rings. The van der Waals surface area contributed by atoms with Crippen LogP contribution in [0.15, 0.2) is 30.3 Å². The lowest BCUT2D eigenvalue weighted by atomic mass is 10.1. The lowest BCUT2D eigenvalue weighted by Crippen LogP contribution is -2.15. The molecule has 2 rings (SSSR count). The number of anilines is 2. The highest BCUT2D eigenvalue weighted by atomic mass is 19.1. The molecule has 20 heavy (non-hydrogen) atoms. The van der Waals surface area contributed by atoms with E-state index in [1.807, 2.05) is 0 Å². The molecule has 0 unspecified atom stereocenters. The number of carbonyl (C=O) groups is 1. The zero-order valence-electron chi connectivity index (χ0n) is 11.1. The van der Waals surface area contributed by atoms with Crippen molar-refractivity contribution in [2.45, 2.75) is 13.8 Å². The molecule has 0 aliphatic heterocycles. The second-order valence-corrected chi connectivity index (χ2v) is 4.62. The van der Waals surface area contributed by atoms with Crippen molar-refractivity contribution < 1.29 is 13.6 Å². The fraction of sp³-hybridized carbons (Fsp3) is 0.133. The summed E-state index contributed by atoms with van der Waals surface area (Å²) in [6, 6.07) is 6.96. The molecule has 104 valence electrons. The molecule has 3 N–H and O–H groups in total. The average molecular weight is 276 g/mol. The predicted molar refractivity (Wildman–Crippen MR) is 74.6 cm³/mol. The summed E-state index contributed by atoms with van der Waals surface area (Å²) in [5, 5.41) is 2.45. The van der Waals surface area contributed by atoms with Crippen LogP contribution in [0.25, 0.3) is 0 Å². The average Bonchev–Trinajstić information content (AvgIpc) is 2.38. The minimum Gasteiger partial charge on any atom is -0.399 e. The maximum absolute atomic E-state index is 13.9. The van der Waals surface area contributed by atoms with E-state index < -0.39 is 17.5 Å². The van der Waals surface area contributed by atoms with E-state index in [0.717, 1.165) is 0 Å². The summed E-state index contributed by atoms with van der Waals surface area (Å²) in [5.74, 6) is -1.74. The van der Waals surface area contributed by atoms with Crippen LogP contribution in [0.5, 0.6) is 0 Å². The summed E-state index contributed by atoms with van der Waals surface area (Å²) in [4.78, 5) is 12.0. The Labute approximate surface area is 115 Å². The van der Waals surface area contributed by atoms with Crippen molar-refractivity contribution in [3.63, 3.8) is 0 Å². The SMILES string of the molecule is Cc1ccc(NC(=O)c2cc(N)cc(C)c2F)cc1F. The monoisotopic (exact) mass is 276 g/mol. The molecule has 0 radical (unpaired) electrons. The third-order valence-corrected chi connectivity index (χ3v) is 2.95. The Hall–Kier alpha value is -2.43. The van der Waals surface area contributed by atoms with Crippen LogP contribution in [0.3, 0.4) is 0 Å². The topological polar surface area (TPSA) is 55.1 Å². The highest BCUT2D eigenvalue weighted by Crippen LogP contribution is 2.19. The quantitative estimate of drug-likeness (QED) is 0.826. The molecule has 0 bridgehead atoms. The van der Waals surface area contributed by atoms with Gasteiger partial charge in [0.05, 0.1) is 5.56 Å². The molecule has 0 atom stereocenters. The number of nitrogens with two attached hydrogens (primary N) is 1. The van der Waals surface area contributed by atoms with Crippen molar-refractivity contribution in [2.24, 2.45) is 0 Å². The number of benzene rings is 2. The fourth-order valence-corrected chi connectivity index (χ4v) is 1.83. The summed E-state index contributed by atoms with van der Waals surface area (Å²) in [6.45, 7) is 3.13. The molecule has 0 fully saturated rings. The van der Waals surface area contributed by atoms with Crippen molar-refractivity contribution in [1.82, 2.24) is 0 Å². The van der Waals surface area contributed by atoms with Gasteiger partial charge in [0.2, 0.25) is 0 Å². The molecule has 3 nitrogen and oxygen atoms in total. The van der Waals surface area contributed by atoms with Crippen LogP contribution in [-0.4, -0.2) is 5.91 Å². The van der Waals surface area contributed by atoms with Crippen LogP contribution in [0.1, 0.15) is 21.5 Å². The van der Waals surface area contributed by atoms with Crippen LogP contribution >= 0.6 is 0 Å². The number of hydrogen-bond donors (Lipinski definition) is 2. The first-order valence-electron chi connectivity index (χ1n) is 6.01. The second kappa shape index (κ2) is 5.28. The van der Waals surface area contributed by atoms with Crippen molar-refractivity contribution in [2.75, 3.05) is 11.1 Å². The van der Waals surface area contributed by atoms with E-state index >= 15 is 0 Å². The summed E-state index contributed by atoms with van der Waals surface area (Å²) < 4.78 is 27.3. The highest BCUT2D eigenvalue weighted by Gasteiger charge is 2.15. The molecule has 0 aromatic heterocycles. The van der Waals surface area contributed by atoms with Crippen LogP contribution in [0.4, 0.5) is 20.2 Å². The largest absolute Gasteiger partial charge is 0.399 e. The maximum atomic E-state index is 13.9. The smallest absolute Gasteiger partial charge is 0.258 e. The first-order chi connectivity index (χ1) is 9.38. The van der Waals surface area contributed by atoms with Crippen LogP contribution < -0.4 is 11.1 Å². The number of amides is 1. The lowest BCUT2D eigenvalue weighted by molar-refractivity contribution is 0.102. The Morgan fingerprint density at radius 1 is 1.10 bits per heavy atom. The number of halogens is 2. The molecule has 0 saturated carbocycles. The Bertz CT molecular complexity index is 684. The fourth-order valence-electron chi connectivity index (χ4n) is 1.83. The summed E-state index contributed by atoms with van der Waals surface area (Å²) in [5.41, 5.74) is 6.74. The highest BCUT2D eigenvalue weighted by molar-refractivity contribution is 6.05. The van der Waals surface area contributed by atoms with E-state index in [0.29, 0.717) is 11.3 Å². The molecule has 0 saturated heterocycles. The van der Waals surface area contributed by atoms with Crippen molar-refractivity contribution >= 4 is 17.3 Å². The minimum atomic E-state index is -0.666. The Kier molecular flexibility index (Phi) is 3.70. The van der Waals surface area contributed by atoms with Gasteiger partial charge >= 0.3 is 0 Å². The lowest BCUT2D eigenvalue weighted by Gasteiger charge is -2.09. The number of nitrogens with one attached hydrogen (secondary N) is 1. The molecular formula is C15H14F2N2O. The van der Waals surface area contributed by atoms with Gasteiger partial charge in [-0.05, 0) is 49.2 Å². The number of nitrogen functional groups attached to an aromatic ring is 1. The molecule has 1 amide bonds. The van der Waals surface area contributed by atoms with Crippen molar-refractivity contribution in [3.05, 3.63) is 58.7 Å². The van der Waals surface area contributed by atoms with Gasteiger partial charge in [0, 0.05) is 11.4 Å². The normalized spacial score (nSPS) is 10.4. The predicted octanol–water partition coefficient (Wildman–Crippen LogP) is 3.42. The molecule has 0 heterocycles. The summed E-state index contributed by atoms with van der Waals surface area (Å²) in [7, 11) is 0. The Balaban J connectivity index is 2.30. The van der Waals surface area contributed by atoms with E-state index in [9.17, 15) is 13.6 Å². The standard InChI is InChI=1S/C15H14F2N2O/c1-8-3-4-11(7-13(8)16)19-15(20)12-6-10(18)5-9(2)14(12)17/h3-7H,18H2,1-2H3,(H,19,20). The van der Waals surface area contributed by atoms with E-state index in [1.165, 1.54) is 31.2 Å². The van der Waals surface area contributed by atoms with Crippen LogP contribution in [-0.2, 0) is 0 Å². The number of carbonyl (C=O) groups excluding carboxylic acids is 1. The van der Waals surface area contributed by atoms with Gasteiger partial charge in [-0.3, -0.25) is 4.79 Å². The van der Waals surface area contributed by atoms with Gasteiger partial charge < -0.3 is 11.1 Å². The Morgan fingerprint density at radius 2 is 1.80 bits per heavy atom. The second-order valence-electron chi connectivity index (χ2n) is 4.62. The van der Waals surface area contributed by atoms with Gasteiger partial charge in [-0.25, -0.2) is 8.78 Å². The van der Waals surface area contributed by atoms with Gasteiger partial charge in [-0.2, -0.15) is 0 Å². The summed E-state index contributed by atoms with van der Waals surface area (Å²) >= 11 is 0. The number of rotatable bonds is 2. The maximum Gasteiger partial charge on any atom is 0.258 e. The van der Waals surface area contributed by atoms with Gasteiger partial charge in [0.25, 0.3) is 5.91 Å². The van der Waals surface area contributed by atoms with E-state index in [-0.39, 0.29) is 16.8 Å². The summed E-state index contributed by atoms with van der Waals surface area (Å²) in [6.07, 6.45) is 0. The zero-order chi connectivity index (χ0) is 14.9. The van der Waals surface area contributed by atoms with Gasteiger partial charge in [-0.15, -0.1) is 0 Å². The van der Waals surface area contributed by atoms with E-state index in [4.69, 9.17) is 5.73 Å². The van der Waals surface area contributed by atoms with Crippen molar-refractivity contribution in [3.8, 4) is 0 Å². The van der Waals surface area contributed by atoms with Crippen LogP contribution in [0, 0.1) is 25.5 Å². The first kappa shape index (κ1) is 14.0. The van der Waals surface area contributed by atoms with Crippen molar-refractivity contribution in [1.29, 1.82) is 0 Å². The van der Waals surface area contributed by atoms with Gasteiger partial charge in [0.15, 0.2) is 0 Å². The zero-order valence-corrected chi connectivity index (χ0v) is 11.1. The Morgan fingerprint density at radius 3 is 2.45 bits per heavy atom. The van der Waals surface area contributed by atoms with Gasteiger partial charge in [-0.1, -0.05) is 6.07 Å². The third-order valence-electron chi connectivity index (χ3n) is 2.95. The van der Waals surface area contributed by atoms with E-state index in [1.54, 1.807) is 13.0 Å².